The van der Waals surface area contributed by atoms with Crippen molar-refractivity contribution in [2.24, 2.45) is 7.05 Å². The van der Waals surface area contributed by atoms with Gasteiger partial charge in [0.1, 0.15) is 0 Å². The van der Waals surface area contributed by atoms with E-state index in [1.165, 1.54) is 42.2 Å². The van der Waals surface area contributed by atoms with E-state index in [2.05, 4.69) is 53.4 Å². The molecule has 0 aliphatic heterocycles. The molecule has 7 nitrogen and oxygen atoms in total. The predicted octanol–water partition coefficient (Wildman–Crippen LogP) is 4.09. The third-order valence-electron chi connectivity index (χ3n) is 5.56. The highest BCUT2D eigenvalue weighted by molar-refractivity contribution is 5.74. The van der Waals surface area contributed by atoms with Crippen LogP contribution in [0.1, 0.15) is 63.0 Å². The van der Waals surface area contributed by atoms with E-state index in [0.29, 0.717) is 30.2 Å². The lowest BCUT2D eigenvalue weighted by molar-refractivity contribution is 0.556. The Kier molecular flexibility index (Phi) is 7.49. The Morgan fingerprint density at radius 3 is 2.37 bits per heavy atom. The van der Waals surface area contributed by atoms with Crippen molar-refractivity contribution >= 4 is 17.1 Å². The first kappa shape index (κ1) is 21.9. The van der Waals surface area contributed by atoms with Crippen LogP contribution < -0.4 is 16.6 Å². The molecule has 0 atom stereocenters. The average Bonchev–Trinajstić information content (AvgIpc) is 3.10. The fourth-order valence-electron chi connectivity index (χ4n) is 3.70. The summed E-state index contributed by atoms with van der Waals surface area (Å²) in [6.07, 6.45) is 8.38. The van der Waals surface area contributed by atoms with E-state index in [0.717, 1.165) is 18.4 Å². The van der Waals surface area contributed by atoms with E-state index in [9.17, 15) is 9.59 Å². The van der Waals surface area contributed by atoms with Crippen LogP contribution in [-0.2, 0) is 20.1 Å². The lowest BCUT2D eigenvalue weighted by atomic mass is 10.1. The predicted molar refractivity (Wildman–Crippen MR) is 122 cm³/mol. The Balaban J connectivity index is 1.79. The molecule has 0 bridgehead atoms. The van der Waals surface area contributed by atoms with Gasteiger partial charge in [0.2, 0.25) is 5.95 Å². The summed E-state index contributed by atoms with van der Waals surface area (Å²) in [6, 6.07) is 8.31. The van der Waals surface area contributed by atoms with Gasteiger partial charge in [0, 0.05) is 20.1 Å². The molecule has 0 radical (unpaired) electrons. The van der Waals surface area contributed by atoms with Gasteiger partial charge in [-0.15, -0.1) is 0 Å². The van der Waals surface area contributed by atoms with Gasteiger partial charge in [-0.05, 0) is 18.9 Å². The molecule has 2 heterocycles. The number of unbranched alkanes of at least 4 members (excludes halogenated alkanes) is 6. The maximum atomic E-state index is 12.5. The Bertz CT molecular complexity index is 1080. The number of anilines is 1. The van der Waals surface area contributed by atoms with Crippen molar-refractivity contribution in [1.82, 2.24) is 19.1 Å². The van der Waals surface area contributed by atoms with Gasteiger partial charge in [-0.1, -0.05) is 75.3 Å². The molecule has 1 aromatic carbocycles. The average molecular weight is 412 g/mol. The molecule has 3 rings (SSSR count). The van der Waals surface area contributed by atoms with Crippen LogP contribution in [0.3, 0.4) is 0 Å². The molecule has 0 fully saturated rings. The number of rotatable bonds is 11. The van der Waals surface area contributed by atoms with Crippen LogP contribution in [0.2, 0.25) is 0 Å². The number of H-pyrrole nitrogens is 1. The fourth-order valence-corrected chi connectivity index (χ4v) is 3.70. The molecule has 2 aromatic heterocycles. The standard InChI is InChI=1S/C23H33N5O2/c1-4-5-6-7-8-9-10-15-28-19-20(27(3)23(30)26-21(19)29)25-22(28)24-16-18-13-11-17(2)12-14-18/h11-14H,4-10,15-16H2,1-3H3,(H,24,25)(H,26,29,30). The molecule has 0 saturated carbocycles. The summed E-state index contributed by atoms with van der Waals surface area (Å²) in [5, 5.41) is 3.36. The van der Waals surface area contributed by atoms with Gasteiger partial charge in [0.15, 0.2) is 11.2 Å². The summed E-state index contributed by atoms with van der Waals surface area (Å²) >= 11 is 0. The summed E-state index contributed by atoms with van der Waals surface area (Å²) in [5.74, 6) is 0.628. The molecule has 2 N–H and O–H groups in total. The maximum absolute atomic E-state index is 12.5. The van der Waals surface area contributed by atoms with Gasteiger partial charge in [-0.25, -0.2) is 4.79 Å². The number of hydrogen-bond donors (Lipinski definition) is 2. The van der Waals surface area contributed by atoms with E-state index >= 15 is 0 Å². The molecule has 3 aromatic rings. The minimum absolute atomic E-state index is 0.382. The van der Waals surface area contributed by atoms with Gasteiger partial charge < -0.3 is 9.88 Å². The van der Waals surface area contributed by atoms with Crippen molar-refractivity contribution in [1.29, 1.82) is 0 Å². The number of imidazole rings is 1. The zero-order chi connectivity index (χ0) is 21.5. The van der Waals surface area contributed by atoms with Crippen LogP contribution in [0.5, 0.6) is 0 Å². The summed E-state index contributed by atoms with van der Waals surface area (Å²) in [4.78, 5) is 31.6. The van der Waals surface area contributed by atoms with E-state index in [4.69, 9.17) is 0 Å². The van der Waals surface area contributed by atoms with Crippen molar-refractivity contribution in [3.8, 4) is 0 Å². The summed E-state index contributed by atoms with van der Waals surface area (Å²) in [5.41, 5.74) is 2.39. The minimum Gasteiger partial charge on any atom is -0.352 e. The van der Waals surface area contributed by atoms with Crippen LogP contribution >= 0.6 is 0 Å². The SMILES string of the molecule is CCCCCCCCCn1c(NCc2ccc(C)cc2)nc2c1c(=O)[nH]c(=O)n2C. The Morgan fingerprint density at radius 1 is 1.00 bits per heavy atom. The number of hydrogen-bond acceptors (Lipinski definition) is 4. The normalized spacial score (nSPS) is 11.3. The first-order chi connectivity index (χ1) is 14.5. The van der Waals surface area contributed by atoms with Crippen LogP contribution in [0.15, 0.2) is 33.9 Å². The molecule has 0 amide bonds. The van der Waals surface area contributed by atoms with Gasteiger partial charge >= 0.3 is 5.69 Å². The summed E-state index contributed by atoms with van der Waals surface area (Å²) in [7, 11) is 1.63. The van der Waals surface area contributed by atoms with Crippen LogP contribution in [-0.4, -0.2) is 19.1 Å². The number of fused-ring (bicyclic) bond motifs is 1. The maximum Gasteiger partial charge on any atom is 0.329 e. The Labute approximate surface area is 177 Å². The summed E-state index contributed by atoms with van der Waals surface area (Å²) < 4.78 is 3.32. The molecule has 162 valence electrons. The third-order valence-corrected chi connectivity index (χ3v) is 5.56. The zero-order valence-corrected chi connectivity index (χ0v) is 18.3. The number of aromatic nitrogens is 4. The highest BCUT2D eigenvalue weighted by Gasteiger charge is 2.17. The van der Waals surface area contributed by atoms with Gasteiger partial charge in [-0.2, -0.15) is 4.98 Å². The Morgan fingerprint density at radius 2 is 1.67 bits per heavy atom. The molecule has 0 saturated heterocycles. The molecule has 7 heteroatoms. The monoisotopic (exact) mass is 411 g/mol. The zero-order valence-electron chi connectivity index (χ0n) is 18.3. The highest BCUT2D eigenvalue weighted by Crippen LogP contribution is 2.18. The van der Waals surface area contributed by atoms with Gasteiger partial charge in [0.25, 0.3) is 5.56 Å². The van der Waals surface area contributed by atoms with Crippen LogP contribution in [0.4, 0.5) is 5.95 Å². The fraction of sp³-hybridized carbons (Fsp3) is 0.522. The number of nitrogens with one attached hydrogen (secondary N) is 2. The van der Waals surface area contributed by atoms with Gasteiger partial charge in [-0.3, -0.25) is 14.3 Å². The third kappa shape index (κ3) is 5.20. The minimum atomic E-state index is -0.446. The molecule has 0 aliphatic carbocycles. The lowest BCUT2D eigenvalue weighted by Crippen LogP contribution is -2.29. The molecule has 0 unspecified atom stereocenters. The number of aromatic amines is 1. The lowest BCUT2D eigenvalue weighted by Gasteiger charge is -2.11. The van der Waals surface area contributed by atoms with Crippen molar-refractivity contribution in [3.05, 3.63) is 56.2 Å². The largest absolute Gasteiger partial charge is 0.352 e. The van der Waals surface area contributed by atoms with E-state index in [1.807, 2.05) is 4.57 Å². The van der Waals surface area contributed by atoms with Crippen molar-refractivity contribution in [2.75, 3.05) is 5.32 Å². The van der Waals surface area contributed by atoms with Crippen molar-refractivity contribution < 1.29 is 0 Å². The number of aryl methyl sites for hydroxylation is 3. The quantitative estimate of drug-likeness (QED) is 0.465. The second-order valence-corrected chi connectivity index (χ2v) is 8.04. The summed E-state index contributed by atoms with van der Waals surface area (Å²) in [6.45, 7) is 5.58. The van der Waals surface area contributed by atoms with E-state index in [1.54, 1.807) is 7.05 Å². The molecule has 0 aliphatic rings. The van der Waals surface area contributed by atoms with E-state index in [-0.39, 0.29) is 5.56 Å². The van der Waals surface area contributed by atoms with Crippen molar-refractivity contribution in [2.45, 2.75) is 71.9 Å². The van der Waals surface area contributed by atoms with Crippen LogP contribution in [0.25, 0.3) is 11.2 Å². The first-order valence-electron chi connectivity index (χ1n) is 11.0. The first-order valence-corrected chi connectivity index (χ1v) is 11.0. The number of nitrogens with zero attached hydrogens (tertiary/aromatic N) is 3. The Hall–Kier alpha value is -2.83. The van der Waals surface area contributed by atoms with Crippen molar-refractivity contribution in [3.63, 3.8) is 0 Å². The van der Waals surface area contributed by atoms with Gasteiger partial charge in [0.05, 0.1) is 0 Å². The second kappa shape index (κ2) is 10.3. The highest BCUT2D eigenvalue weighted by atomic mass is 16.2. The molecule has 30 heavy (non-hydrogen) atoms. The molecular weight excluding hydrogens is 378 g/mol. The topological polar surface area (TPSA) is 84.7 Å². The van der Waals surface area contributed by atoms with E-state index < -0.39 is 5.69 Å². The molecule has 0 spiro atoms. The molecular formula is C23H33N5O2. The van der Waals surface area contributed by atoms with Crippen LogP contribution in [0, 0.1) is 6.92 Å². The second-order valence-electron chi connectivity index (χ2n) is 8.04. The number of benzene rings is 1. The smallest absolute Gasteiger partial charge is 0.329 e.